The van der Waals surface area contributed by atoms with Crippen LogP contribution in [0.15, 0.2) is 60.1 Å². The van der Waals surface area contributed by atoms with Crippen LogP contribution >= 0.6 is 11.3 Å². The molecule has 0 unspecified atom stereocenters. The van der Waals surface area contributed by atoms with Gasteiger partial charge >= 0.3 is 0 Å². The van der Waals surface area contributed by atoms with Crippen LogP contribution in [0, 0.1) is 5.82 Å². The molecular weight excluding hydrogens is 363 g/mol. The number of nitrogens with one attached hydrogen (secondary N) is 1. The Labute approximate surface area is 161 Å². The SMILES string of the molecule is O=C(c1cccc(Nc2nccs2)c1)N1CCN(c2ccccc2F)CC1. The highest BCUT2D eigenvalue weighted by Gasteiger charge is 2.23. The number of benzene rings is 2. The summed E-state index contributed by atoms with van der Waals surface area (Å²) < 4.78 is 14.0. The van der Waals surface area contributed by atoms with Gasteiger partial charge in [0.2, 0.25) is 0 Å². The first kappa shape index (κ1) is 17.5. The zero-order valence-corrected chi connectivity index (χ0v) is 15.5. The average Bonchev–Trinajstić information content (AvgIpc) is 3.21. The molecule has 3 aromatic rings. The van der Waals surface area contributed by atoms with Crippen LogP contribution in [0.2, 0.25) is 0 Å². The highest BCUT2D eigenvalue weighted by Crippen LogP contribution is 2.22. The summed E-state index contributed by atoms with van der Waals surface area (Å²) in [4.78, 5) is 20.9. The van der Waals surface area contributed by atoms with Gasteiger partial charge in [-0.1, -0.05) is 18.2 Å². The van der Waals surface area contributed by atoms with Crippen LogP contribution in [0.4, 0.5) is 20.9 Å². The summed E-state index contributed by atoms with van der Waals surface area (Å²) in [5, 5.41) is 5.89. The normalized spacial score (nSPS) is 14.3. The molecule has 4 rings (SSSR count). The fourth-order valence-electron chi connectivity index (χ4n) is 3.18. The van der Waals surface area contributed by atoms with Gasteiger partial charge in [-0.15, -0.1) is 11.3 Å². The third-order valence-corrected chi connectivity index (χ3v) is 5.24. The maximum absolute atomic E-state index is 14.0. The zero-order valence-electron chi connectivity index (χ0n) is 14.6. The van der Waals surface area contributed by atoms with Crippen molar-refractivity contribution in [2.24, 2.45) is 0 Å². The van der Waals surface area contributed by atoms with E-state index in [1.165, 1.54) is 17.4 Å². The summed E-state index contributed by atoms with van der Waals surface area (Å²) in [6, 6.07) is 14.2. The maximum atomic E-state index is 14.0. The van der Waals surface area contributed by atoms with Crippen LogP contribution < -0.4 is 10.2 Å². The van der Waals surface area contributed by atoms with E-state index < -0.39 is 0 Å². The Kier molecular flexibility index (Phi) is 5.02. The predicted molar refractivity (Wildman–Crippen MR) is 106 cm³/mol. The van der Waals surface area contributed by atoms with E-state index in [9.17, 15) is 9.18 Å². The summed E-state index contributed by atoms with van der Waals surface area (Å²) in [7, 11) is 0. The number of nitrogens with zero attached hydrogens (tertiary/aromatic N) is 3. The highest BCUT2D eigenvalue weighted by molar-refractivity contribution is 7.13. The van der Waals surface area contributed by atoms with Gasteiger partial charge in [0.25, 0.3) is 5.91 Å². The van der Waals surface area contributed by atoms with Gasteiger partial charge in [-0.2, -0.15) is 0 Å². The molecule has 1 N–H and O–H groups in total. The summed E-state index contributed by atoms with van der Waals surface area (Å²) in [6.07, 6.45) is 1.73. The molecule has 0 aliphatic carbocycles. The number of thiazole rings is 1. The Morgan fingerprint density at radius 2 is 1.89 bits per heavy atom. The van der Waals surface area contributed by atoms with Crippen molar-refractivity contribution in [3.63, 3.8) is 0 Å². The summed E-state index contributed by atoms with van der Waals surface area (Å²) in [6.45, 7) is 2.36. The average molecular weight is 382 g/mol. The second-order valence-corrected chi connectivity index (χ2v) is 7.17. The highest BCUT2D eigenvalue weighted by atomic mass is 32.1. The first-order valence-corrected chi connectivity index (χ1v) is 9.64. The van der Waals surface area contributed by atoms with Gasteiger partial charge in [0, 0.05) is 49.0 Å². The minimum atomic E-state index is -0.224. The zero-order chi connectivity index (χ0) is 18.6. The smallest absolute Gasteiger partial charge is 0.254 e. The summed E-state index contributed by atoms with van der Waals surface area (Å²) in [5.74, 6) is -0.232. The quantitative estimate of drug-likeness (QED) is 0.741. The Hall–Kier alpha value is -2.93. The summed E-state index contributed by atoms with van der Waals surface area (Å²) >= 11 is 1.51. The number of hydrogen-bond acceptors (Lipinski definition) is 5. The molecule has 2 heterocycles. The van der Waals surface area contributed by atoms with Crippen LogP contribution in [0.1, 0.15) is 10.4 Å². The molecule has 27 heavy (non-hydrogen) atoms. The van der Waals surface area contributed by atoms with Gasteiger partial charge in [-0.05, 0) is 30.3 Å². The Morgan fingerprint density at radius 1 is 1.07 bits per heavy atom. The lowest BCUT2D eigenvalue weighted by Gasteiger charge is -2.36. The predicted octanol–water partition coefficient (Wildman–Crippen LogP) is 3.99. The van der Waals surface area contributed by atoms with Gasteiger partial charge in [0.05, 0.1) is 5.69 Å². The number of aromatic nitrogens is 1. The number of para-hydroxylation sites is 1. The van der Waals surface area contributed by atoms with Crippen molar-refractivity contribution in [2.75, 3.05) is 36.4 Å². The van der Waals surface area contributed by atoms with Gasteiger partial charge < -0.3 is 15.1 Å². The topological polar surface area (TPSA) is 48.5 Å². The number of hydrogen-bond donors (Lipinski definition) is 1. The first-order chi connectivity index (χ1) is 13.2. The second kappa shape index (κ2) is 7.75. The molecule has 5 nitrogen and oxygen atoms in total. The molecule has 1 aromatic heterocycles. The third kappa shape index (κ3) is 3.93. The summed E-state index contributed by atoms with van der Waals surface area (Å²) in [5.41, 5.74) is 2.07. The molecular formula is C20H19FN4OS. The van der Waals surface area contributed by atoms with E-state index in [1.807, 2.05) is 45.5 Å². The number of piperazine rings is 1. The minimum absolute atomic E-state index is 0.00836. The molecule has 2 aromatic carbocycles. The van der Waals surface area contributed by atoms with Gasteiger partial charge in [-0.25, -0.2) is 9.37 Å². The van der Waals surface area contributed by atoms with Crippen molar-refractivity contribution in [3.8, 4) is 0 Å². The van der Waals surface area contributed by atoms with Crippen LogP contribution in [0.5, 0.6) is 0 Å². The maximum Gasteiger partial charge on any atom is 0.254 e. The molecule has 1 fully saturated rings. The van der Waals surface area contributed by atoms with Crippen LogP contribution in [-0.2, 0) is 0 Å². The van der Waals surface area contributed by atoms with Crippen molar-refractivity contribution < 1.29 is 9.18 Å². The molecule has 7 heteroatoms. The molecule has 1 aliphatic rings. The third-order valence-electron chi connectivity index (χ3n) is 4.55. The van der Waals surface area contributed by atoms with Gasteiger partial charge in [-0.3, -0.25) is 4.79 Å². The Bertz CT molecular complexity index is 923. The molecule has 1 aliphatic heterocycles. The molecule has 0 saturated carbocycles. The first-order valence-electron chi connectivity index (χ1n) is 8.76. The fraction of sp³-hybridized carbons (Fsp3) is 0.200. The number of halogens is 1. The molecule has 0 radical (unpaired) electrons. The van der Waals surface area contributed by atoms with Gasteiger partial charge in [0.1, 0.15) is 5.82 Å². The van der Waals surface area contributed by atoms with E-state index in [-0.39, 0.29) is 11.7 Å². The van der Waals surface area contributed by atoms with E-state index >= 15 is 0 Å². The van der Waals surface area contributed by atoms with E-state index in [2.05, 4.69) is 10.3 Å². The number of amides is 1. The van der Waals surface area contributed by atoms with Crippen LogP contribution in [0.3, 0.4) is 0 Å². The van der Waals surface area contributed by atoms with Gasteiger partial charge in [0.15, 0.2) is 5.13 Å². The number of rotatable bonds is 4. The van der Waals surface area contributed by atoms with Crippen molar-refractivity contribution in [1.29, 1.82) is 0 Å². The fourth-order valence-corrected chi connectivity index (χ4v) is 3.73. The molecule has 1 saturated heterocycles. The lowest BCUT2D eigenvalue weighted by molar-refractivity contribution is 0.0746. The van der Waals surface area contributed by atoms with Crippen molar-refractivity contribution in [2.45, 2.75) is 0 Å². The molecule has 138 valence electrons. The molecule has 0 spiro atoms. The lowest BCUT2D eigenvalue weighted by Crippen LogP contribution is -2.49. The number of carbonyl (C=O) groups is 1. The Balaban J connectivity index is 1.41. The monoisotopic (exact) mass is 382 g/mol. The lowest BCUT2D eigenvalue weighted by atomic mass is 10.1. The largest absolute Gasteiger partial charge is 0.366 e. The Morgan fingerprint density at radius 3 is 2.63 bits per heavy atom. The second-order valence-electron chi connectivity index (χ2n) is 6.27. The van der Waals surface area contributed by atoms with Crippen molar-refractivity contribution in [3.05, 3.63) is 71.5 Å². The van der Waals surface area contributed by atoms with E-state index in [0.717, 1.165) is 10.8 Å². The van der Waals surface area contributed by atoms with E-state index in [0.29, 0.717) is 37.4 Å². The molecule has 1 amide bonds. The molecule has 0 atom stereocenters. The van der Waals surface area contributed by atoms with E-state index in [1.54, 1.807) is 18.3 Å². The standard InChI is InChI=1S/C20H19FN4OS/c21-17-6-1-2-7-18(17)24-9-11-25(12-10-24)19(26)15-4-3-5-16(14-15)23-20-22-8-13-27-20/h1-8,13-14H,9-12H2,(H,22,23). The van der Waals surface area contributed by atoms with Crippen LogP contribution in [-0.4, -0.2) is 42.0 Å². The minimum Gasteiger partial charge on any atom is -0.366 e. The van der Waals surface area contributed by atoms with Crippen molar-refractivity contribution in [1.82, 2.24) is 9.88 Å². The molecule has 0 bridgehead atoms. The number of carbonyl (C=O) groups excluding carboxylic acids is 1. The van der Waals surface area contributed by atoms with Crippen molar-refractivity contribution >= 4 is 33.8 Å². The van der Waals surface area contributed by atoms with E-state index in [4.69, 9.17) is 0 Å². The number of anilines is 3. The van der Waals surface area contributed by atoms with Crippen LogP contribution in [0.25, 0.3) is 0 Å².